The van der Waals surface area contributed by atoms with Crippen molar-refractivity contribution in [3.63, 3.8) is 0 Å². The fourth-order valence-electron chi connectivity index (χ4n) is 3.44. The largest absolute Gasteiger partial charge is 0.353 e. The maximum Gasteiger partial charge on any atom is 0.228 e. The van der Waals surface area contributed by atoms with E-state index < -0.39 is 11.8 Å². The lowest BCUT2D eigenvalue weighted by atomic mass is 10.1. The van der Waals surface area contributed by atoms with Crippen molar-refractivity contribution in [3.05, 3.63) is 12.2 Å². The van der Waals surface area contributed by atoms with Crippen LogP contribution in [-0.2, 0) is 0 Å². The van der Waals surface area contributed by atoms with E-state index in [4.69, 9.17) is 0 Å². The van der Waals surface area contributed by atoms with Crippen LogP contribution in [-0.4, -0.2) is 43.7 Å². The van der Waals surface area contributed by atoms with E-state index in [9.17, 15) is 20.4 Å². The monoisotopic (exact) mass is 401 g/mol. The second kappa shape index (κ2) is 16.3. The summed E-state index contributed by atoms with van der Waals surface area (Å²) in [6, 6.07) is 0. The van der Waals surface area contributed by atoms with Crippen molar-refractivity contribution >= 4 is 0 Å². The van der Waals surface area contributed by atoms with E-state index in [2.05, 4.69) is 19.1 Å². The lowest BCUT2D eigenvalue weighted by Crippen LogP contribution is -2.60. The standard InChI is InChI=1S/C23H47NO4/c1-4-6-7-8-9-10-11-12-13-14-15-16-17-18-19-20-21-24(22(3,25)26)23(27,28)5-2/h12-13,25-28H,4-11,14-21H2,1-3H3/b13-12-. The molecule has 0 spiro atoms. The molecule has 0 fully saturated rings. The lowest BCUT2D eigenvalue weighted by Gasteiger charge is -2.40. The van der Waals surface area contributed by atoms with E-state index in [1.54, 1.807) is 6.92 Å². The Balaban J connectivity index is 3.60. The molecule has 0 amide bonds. The molecule has 0 unspecified atom stereocenters. The molecule has 0 aliphatic carbocycles. The van der Waals surface area contributed by atoms with Crippen LogP contribution in [0, 0.1) is 0 Å². The number of hydrogen-bond donors (Lipinski definition) is 4. The molecule has 28 heavy (non-hydrogen) atoms. The first-order valence-electron chi connectivity index (χ1n) is 11.6. The van der Waals surface area contributed by atoms with Crippen LogP contribution in [0.4, 0.5) is 0 Å². The molecule has 0 atom stereocenters. The van der Waals surface area contributed by atoms with Gasteiger partial charge < -0.3 is 20.4 Å². The molecule has 4 N–H and O–H groups in total. The third-order valence-corrected chi connectivity index (χ3v) is 5.31. The number of unbranched alkanes of at least 4 members (excludes halogenated alkanes) is 12. The van der Waals surface area contributed by atoms with E-state index in [-0.39, 0.29) is 13.0 Å². The molecule has 0 heterocycles. The van der Waals surface area contributed by atoms with Crippen LogP contribution in [0.15, 0.2) is 12.2 Å². The van der Waals surface area contributed by atoms with Crippen LogP contribution in [0.1, 0.15) is 117 Å². The van der Waals surface area contributed by atoms with Gasteiger partial charge in [-0.2, -0.15) is 0 Å². The molecule has 0 aliphatic rings. The van der Waals surface area contributed by atoms with Crippen LogP contribution in [0.25, 0.3) is 0 Å². The summed E-state index contributed by atoms with van der Waals surface area (Å²) in [5.41, 5.74) is 0. The second-order valence-electron chi connectivity index (χ2n) is 8.19. The Hall–Kier alpha value is -0.460. The van der Waals surface area contributed by atoms with Crippen LogP contribution in [0.3, 0.4) is 0 Å². The Morgan fingerprint density at radius 3 is 1.50 bits per heavy atom. The smallest absolute Gasteiger partial charge is 0.228 e. The number of allylic oxidation sites excluding steroid dienone is 2. The van der Waals surface area contributed by atoms with E-state index >= 15 is 0 Å². The predicted molar refractivity (Wildman–Crippen MR) is 116 cm³/mol. The maximum atomic E-state index is 9.90. The molecule has 5 nitrogen and oxygen atoms in total. The molecular weight excluding hydrogens is 354 g/mol. The van der Waals surface area contributed by atoms with Crippen LogP contribution in [0.2, 0.25) is 0 Å². The molecule has 0 saturated carbocycles. The van der Waals surface area contributed by atoms with Crippen molar-refractivity contribution in [3.8, 4) is 0 Å². The molecule has 0 aliphatic heterocycles. The molecule has 168 valence electrons. The summed E-state index contributed by atoms with van der Waals surface area (Å²) in [5, 5.41) is 39.2. The third kappa shape index (κ3) is 14.5. The molecule has 0 aromatic carbocycles. The van der Waals surface area contributed by atoms with Crippen molar-refractivity contribution in [2.75, 3.05) is 6.54 Å². The Bertz CT molecular complexity index is 377. The van der Waals surface area contributed by atoms with E-state index in [1.165, 1.54) is 57.8 Å². The zero-order valence-electron chi connectivity index (χ0n) is 18.7. The fourth-order valence-corrected chi connectivity index (χ4v) is 3.44. The minimum atomic E-state index is -2.23. The van der Waals surface area contributed by atoms with Gasteiger partial charge in [-0.05, 0) is 32.1 Å². The van der Waals surface area contributed by atoms with Gasteiger partial charge in [0.15, 0.2) is 0 Å². The van der Waals surface area contributed by atoms with Gasteiger partial charge in [0, 0.05) is 19.9 Å². The quantitative estimate of drug-likeness (QED) is 0.139. The highest BCUT2D eigenvalue weighted by Crippen LogP contribution is 2.22. The van der Waals surface area contributed by atoms with Crippen LogP contribution in [0.5, 0.6) is 0 Å². The van der Waals surface area contributed by atoms with Gasteiger partial charge in [-0.15, -0.1) is 0 Å². The highest BCUT2D eigenvalue weighted by molar-refractivity contribution is 4.81. The van der Waals surface area contributed by atoms with Gasteiger partial charge in [0.25, 0.3) is 0 Å². The van der Waals surface area contributed by atoms with Crippen LogP contribution >= 0.6 is 0 Å². The zero-order valence-corrected chi connectivity index (χ0v) is 18.7. The first-order chi connectivity index (χ1) is 13.3. The molecule has 5 heteroatoms. The van der Waals surface area contributed by atoms with E-state index in [1.807, 2.05) is 0 Å². The van der Waals surface area contributed by atoms with Gasteiger partial charge in [-0.25, -0.2) is 4.90 Å². The number of rotatable bonds is 19. The molecule has 0 saturated heterocycles. The molecule has 0 rings (SSSR count). The SMILES string of the molecule is CCCCCCCC/C=C\CCCCCCCCN(C(C)(O)O)C(O)(O)CC. The number of hydrogen-bond acceptors (Lipinski definition) is 5. The molecule has 0 bridgehead atoms. The number of aliphatic hydroxyl groups is 4. The molecule has 0 aromatic rings. The van der Waals surface area contributed by atoms with Crippen LogP contribution < -0.4 is 0 Å². The zero-order chi connectivity index (χ0) is 21.3. The normalized spacial score (nSPS) is 13.1. The molecule has 0 radical (unpaired) electrons. The highest BCUT2D eigenvalue weighted by atomic mass is 16.6. The molecular formula is C23H47NO4. The Labute approximate surface area is 173 Å². The summed E-state index contributed by atoms with van der Waals surface area (Å²) in [4.78, 5) is 0.939. The minimum absolute atomic E-state index is 0.0100. The Kier molecular flexibility index (Phi) is 16.1. The summed E-state index contributed by atoms with van der Waals surface area (Å²) < 4.78 is 0. The van der Waals surface area contributed by atoms with Gasteiger partial charge >= 0.3 is 0 Å². The number of nitrogens with zero attached hydrogens (tertiary/aromatic N) is 1. The Morgan fingerprint density at radius 2 is 1.07 bits per heavy atom. The molecule has 0 aromatic heterocycles. The van der Waals surface area contributed by atoms with Crippen molar-refractivity contribution in [1.29, 1.82) is 0 Å². The highest BCUT2D eigenvalue weighted by Gasteiger charge is 2.40. The maximum absolute atomic E-state index is 9.90. The average Bonchev–Trinajstić information content (AvgIpc) is 2.63. The topological polar surface area (TPSA) is 84.2 Å². The van der Waals surface area contributed by atoms with Crippen molar-refractivity contribution in [1.82, 2.24) is 4.90 Å². The third-order valence-electron chi connectivity index (χ3n) is 5.31. The summed E-state index contributed by atoms with van der Waals surface area (Å²) in [6.45, 7) is 5.25. The van der Waals surface area contributed by atoms with Crippen molar-refractivity contribution < 1.29 is 20.4 Å². The first-order valence-corrected chi connectivity index (χ1v) is 11.6. The fraction of sp³-hybridized carbons (Fsp3) is 0.913. The lowest BCUT2D eigenvalue weighted by molar-refractivity contribution is -0.378. The summed E-state index contributed by atoms with van der Waals surface area (Å²) in [7, 11) is 0. The summed E-state index contributed by atoms with van der Waals surface area (Å²) in [6.07, 6.45) is 21.5. The summed E-state index contributed by atoms with van der Waals surface area (Å²) in [5.74, 6) is -4.43. The van der Waals surface area contributed by atoms with Crippen molar-refractivity contribution in [2.24, 2.45) is 0 Å². The average molecular weight is 402 g/mol. The predicted octanol–water partition coefficient (Wildman–Crippen LogP) is 5.03. The van der Waals surface area contributed by atoms with Gasteiger partial charge in [0.05, 0.1) is 0 Å². The van der Waals surface area contributed by atoms with E-state index in [0.717, 1.165) is 37.5 Å². The van der Waals surface area contributed by atoms with Gasteiger partial charge in [0.2, 0.25) is 11.8 Å². The van der Waals surface area contributed by atoms with Gasteiger partial charge in [-0.1, -0.05) is 83.8 Å². The van der Waals surface area contributed by atoms with E-state index in [0.29, 0.717) is 6.42 Å². The Morgan fingerprint density at radius 1 is 0.643 bits per heavy atom. The summed E-state index contributed by atoms with van der Waals surface area (Å²) >= 11 is 0. The second-order valence-corrected chi connectivity index (χ2v) is 8.19. The van der Waals surface area contributed by atoms with Gasteiger partial charge in [0.1, 0.15) is 0 Å². The minimum Gasteiger partial charge on any atom is -0.353 e. The van der Waals surface area contributed by atoms with Crippen molar-refractivity contribution in [2.45, 2.75) is 129 Å². The first kappa shape index (κ1) is 27.5. The van der Waals surface area contributed by atoms with Gasteiger partial charge in [-0.3, -0.25) is 0 Å².